The van der Waals surface area contributed by atoms with Crippen molar-refractivity contribution in [3.05, 3.63) is 78.5 Å². The average Bonchev–Trinajstić information content (AvgIpc) is 2.96. The van der Waals surface area contributed by atoms with E-state index in [1.807, 2.05) is 24.3 Å². The smallest absolute Gasteiger partial charge is 0.162 e. The molecule has 5 rings (SSSR count). The molecular weight excluding hydrogens is 517 g/mol. The number of nitrogens with zero attached hydrogens (tertiary/aromatic N) is 3. The SMILES string of the molecule is COc1cc2ncc3c(N)nc(-c4cncc(OC[C@@H](N)CSCc5ccc(F)cc5)c4)cc3c2cc1OC. The summed E-state index contributed by atoms with van der Waals surface area (Å²) < 4.78 is 29.9. The van der Waals surface area contributed by atoms with E-state index in [0.29, 0.717) is 41.1 Å². The maximum absolute atomic E-state index is 13.1. The van der Waals surface area contributed by atoms with Gasteiger partial charge in [0.15, 0.2) is 11.5 Å². The van der Waals surface area contributed by atoms with Gasteiger partial charge in [-0.2, -0.15) is 11.8 Å². The summed E-state index contributed by atoms with van der Waals surface area (Å²) in [5.41, 5.74) is 15.8. The Morgan fingerprint density at radius 2 is 1.69 bits per heavy atom. The Hall–Kier alpha value is -4.15. The average molecular weight is 546 g/mol. The number of hydrogen-bond acceptors (Lipinski definition) is 9. The highest BCUT2D eigenvalue weighted by Crippen LogP contribution is 2.37. The number of halogens is 1. The van der Waals surface area contributed by atoms with Crippen molar-refractivity contribution in [2.24, 2.45) is 5.73 Å². The Morgan fingerprint density at radius 1 is 0.923 bits per heavy atom. The van der Waals surface area contributed by atoms with Crippen molar-refractivity contribution in [1.29, 1.82) is 0 Å². The number of hydrogen-bond donors (Lipinski definition) is 2. The van der Waals surface area contributed by atoms with Gasteiger partial charge in [-0.25, -0.2) is 9.37 Å². The van der Waals surface area contributed by atoms with Gasteiger partial charge in [-0.1, -0.05) is 12.1 Å². The van der Waals surface area contributed by atoms with E-state index in [-0.39, 0.29) is 11.9 Å². The monoisotopic (exact) mass is 545 g/mol. The first kappa shape index (κ1) is 26.5. The summed E-state index contributed by atoms with van der Waals surface area (Å²) in [6.45, 7) is 0.326. The zero-order valence-electron chi connectivity index (χ0n) is 21.6. The standard InChI is InChI=1S/C29H28FN5O3S/c1-36-27-9-23-22-8-25(35-29(32)24(22)13-34-26(23)10-28(27)37-2)18-7-21(12-33-11-18)38-14-20(31)16-39-15-17-3-5-19(30)6-4-17/h3-13,20H,14-16,31H2,1-2H3,(H2,32,35)/t20-/m1/s1. The zero-order chi connectivity index (χ0) is 27.4. The zero-order valence-corrected chi connectivity index (χ0v) is 22.4. The Labute approximate surface area is 229 Å². The van der Waals surface area contributed by atoms with Gasteiger partial charge in [0.05, 0.1) is 31.6 Å². The second kappa shape index (κ2) is 11.7. The van der Waals surface area contributed by atoms with Crippen LogP contribution in [0.25, 0.3) is 32.9 Å². The lowest BCUT2D eigenvalue weighted by Gasteiger charge is -2.14. The molecule has 0 radical (unpaired) electrons. The predicted molar refractivity (Wildman–Crippen MR) is 154 cm³/mol. The van der Waals surface area contributed by atoms with Gasteiger partial charge in [0, 0.05) is 52.3 Å². The van der Waals surface area contributed by atoms with Gasteiger partial charge in [-0.05, 0) is 41.3 Å². The lowest BCUT2D eigenvalue weighted by Crippen LogP contribution is -2.30. The Balaban J connectivity index is 1.33. The van der Waals surface area contributed by atoms with Gasteiger partial charge in [0.1, 0.15) is 24.0 Å². The van der Waals surface area contributed by atoms with Crippen LogP contribution in [0.3, 0.4) is 0 Å². The van der Waals surface area contributed by atoms with Crippen LogP contribution in [0.1, 0.15) is 5.56 Å². The number of rotatable bonds is 10. The molecule has 0 saturated carbocycles. The maximum atomic E-state index is 13.1. The van der Waals surface area contributed by atoms with E-state index in [4.69, 9.17) is 25.7 Å². The summed E-state index contributed by atoms with van der Waals surface area (Å²) in [4.78, 5) is 13.5. The van der Waals surface area contributed by atoms with Crippen molar-refractivity contribution in [3.63, 3.8) is 0 Å². The molecule has 39 heavy (non-hydrogen) atoms. The summed E-state index contributed by atoms with van der Waals surface area (Å²) in [6, 6.07) is 13.9. The van der Waals surface area contributed by atoms with Gasteiger partial charge >= 0.3 is 0 Å². The molecule has 0 aliphatic rings. The van der Waals surface area contributed by atoms with E-state index < -0.39 is 0 Å². The third kappa shape index (κ3) is 5.97. The summed E-state index contributed by atoms with van der Waals surface area (Å²) in [7, 11) is 3.18. The summed E-state index contributed by atoms with van der Waals surface area (Å²) >= 11 is 1.67. The number of nitrogen functional groups attached to an aromatic ring is 1. The minimum absolute atomic E-state index is 0.181. The van der Waals surface area contributed by atoms with Crippen molar-refractivity contribution in [2.45, 2.75) is 11.8 Å². The fourth-order valence-electron chi connectivity index (χ4n) is 4.20. The van der Waals surface area contributed by atoms with E-state index in [1.54, 1.807) is 56.7 Å². The summed E-state index contributed by atoms with van der Waals surface area (Å²) in [5, 5.41) is 2.49. The second-order valence-corrected chi connectivity index (χ2v) is 9.99. The molecule has 0 spiro atoms. The topological polar surface area (TPSA) is 118 Å². The van der Waals surface area contributed by atoms with Crippen molar-refractivity contribution in [1.82, 2.24) is 15.0 Å². The lowest BCUT2D eigenvalue weighted by molar-refractivity contribution is 0.297. The number of methoxy groups -OCH3 is 2. The van der Waals surface area contributed by atoms with Crippen molar-refractivity contribution >= 4 is 39.3 Å². The number of fused-ring (bicyclic) bond motifs is 3. The predicted octanol–water partition coefficient (Wildman–Crippen LogP) is 5.22. The second-order valence-electron chi connectivity index (χ2n) is 8.96. The minimum atomic E-state index is -0.238. The molecule has 3 heterocycles. The van der Waals surface area contributed by atoms with Gasteiger partial charge in [0.25, 0.3) is 0 Å². The number of anilines is 1. The van der Waals surface area contributed by atoms with Gasteiger partial charge in [-0.15, -0.1) is 0 Å². The normalized spacial score (nSPS) is 12.0. The van der Waals surface area contributed by atoms with Gasteiger partial charge in [-0.3, -0.25) is 9.97 Å². The fourth-order valence-corrected chi connectivity index (χ4v) is 5.15. The van der Waals surface area contributed by atoms with Crippen LogP contribution in [-0.2, 0) is 5.75 Å². The van der Waals surface area contributed by atoms with E-state index in [1.165, 1.54) is 12.1 Å². The molecule has 1 atom stereocenters. The molecule has 0 fully saturated rings. The third-order valence-corrected chi connectivity index (χ3v) is 7.40. The summed E-state index contributed by atoms with van der Waals surface area (Å²) in [6.07, 6.45) is 5.07. The van der Waals surface area contributed by atoms with Crippen LogP contribution in [0.4, 0.5) is 10.2 Å². The number of thioether (sulfide) groups is 1. The Bertz CT molecular complexity index is 1620. The molecule has 2 aromatic carbocycles. The summed E-state index contributed by atoms with van der Waals surface area (Å²) in [5.74, 6) is 3.35. The number of pyridine rings is 3. The largest absolute Gasteiger partial charge is 0.493 e. The highest BCUT2D eigenvalue weighted by molar-refractivity contribution is 7.98. The molecule has 0 aliphatic carbocycles. The van der Waals surface area contributed by atoms with Crippen LogP contribution in [0.2, 0.25) is 0 Å². The number of ether oxygens (including phenoxy) is 3. The molecule has 5 aromatic rings. The first-order valence-electron chi connectivity index (χ1n) is 12.2. The Kier molecular flexibility index (Phi) is 7.94. The van der Waals surface area contributed by atoms with Crippen molar-refractivity contribution in [2.75, 3.05) is 32.3 Å². The van der Waals surface area contributed by atoms with E-state index in [9.17, 15) is 4.39 Å². The number of nitrogens with two attached hydrogens (primary N) is 2. The first-order chi connectivity index (χ1) is 18.9. The molecule has 200 valence electrons. The molecule has 0 saturated heterocycles. The fraction of sp³-hybridized carbons (Fsp3) is 0.207. The molecule has 4 N–H and O–H groups in total. The number of benzene rings is 2. The van der Waals surface area contributed by atoms with Crippen molar-refractivity contribution < 1.29 is 18.6 Å². The van der Waals surface area contributed by atoms with Crippen LogP contribution in [-0.4, -0.2) is 47.6 Å². The molecule has 0 bridgehead atoms. The number of aromatic nitrogens is 3. The lowest BCUT2D eigenvalue weighted by atomic mass is 10.0. The highest BCUT2D eigenvalue weighted by atomic mass is 32.2. The van der Waals surface area contributed by atoms with Crippen LogP contribution < -0.4 is 25.7 Å². The van der Waals surface area contributed by atoms with Crippen LogP contribution in [0.5, 0.6) is 17.2 Å². The van der Waals surface area contributed by atoms with E-state index in [2.05, 4.69) is 15.0 Å². The first-order valence-corrected chi connectivity index (χ1v) is 13.4. The Morgan fingerprint density at radius 3 is 2.46 bits per heavy atom. The molecule has 8 nitrogen and oxygen atoms in total. The van der Waals surface area contributed by atoms with Crippen molar-refractivity contribution in [3.8, 4) is 28.5 Å². The van der Waals surface area contributed by atoms with E-state index >= 15 is 0 Å². The molecule has 10 heteroatoms. The molecule has 3 aromatic heterocycles. The van der Waals surface area contributed by atoms with Crippen LogP contribution in [0.15, 0.2) is 67.1 Å². The third-order valence-electron chi connectivity index (χ3n) is 6.20. The van der Waals surface area contributed by atoms with Gasteiger partial charge in [0.2, 0.25) is 0 Å². The highest BCUT2D eigenvalue weighted by Gasteiger charge is 2.14. The molecular formula is C29H28FN5O3S. The minimum Gasteiger partial charge on any atom is -0.493 e. The van der Waals surface area contributed by atoms with Crippen LogP contribution in [0, 0.1) is 5.82 Å². The molecule has 0 unspecified atom stereocenters. The quantitative estimate of drug-likeness (QED) is 0.228. The maximum Gasteiger partial charge on any atom is 0.162 e. The van der Waals surface area contributed by atoms with Gasteiger partial charge < -0.3 is 25.7 Å². The van der Waals surface area contributed by atoms with E-state index in [0.717, 1.165) is 38.6 Å². The molecule has 0 aliphatic heterocycles. The van der Waals surface area contributed by atoms with Crippen LogP contribution >= 0.6 is 11.8 Å². The molecule has 0 amide bonds.